The van der Waals surface area contributed by atoms with Crippen LogP contribution in [0.5, 0.6) is 0 Å². The smallest absolute Gasteiger partial charge is 0.272 e. The first-order valence-electron chi connectivity index (χ1n) is 6.75. The first-order chi connectivity index (χ1) is 10.1. The molecule has 3 heterocycles. The van der Waals surface area contributed by atoms with Crippen LogP contribution in [0.3, 0.4) is 0 Å². The summed E-state index contributed by atoms with van der Waals surface area (Å²) >= 11 is 7.64. The van der Waals surface area contributed by atoms with E-state index in [1.165, 1.54) is 11.3 Å². The largest absolute Gasteiger partial charge is 0.350 e. The first-order valence-corrected chi connectivity index (χ1v) is 8.01. The predicted octanol–water partition coefficient (Wildman–Crippen LogP) is 1.65. The third kappa shape index (κ3) is 2.68. The van der Waals surface area contributed by atoms with E-state index in [4.69, 9.17) is 11.6 Å². The highest BCUT2D eigenvalue weighted by Gasteiger charge is 2.24. The quantitative estimate of drug-likeness (QED) is 0.878. The zero-order valence-electron chi connectivity index (χ0n) is 11.8. The lowest BCUT2D eigenvalue weighted by Crippen LogP contribution is -2.50. The Morgan fingerprint density at radius 3 is 3.00 bits per heavy atom. The van der Waals surface area contributed by atoms with Crippen LogP contribution in [-0.2, 0) is 0 Å². The minimum absolute atomic E-state index is 0.148. The van der Waals surface area contributed by atoms with Gasteiger partial charge >= 0.3 is 0 Å². The molecule has 112 valence electrons. The summed E-state index contributed by atoms with van der Waals surface area (Å²) < 4.78 is 0. The average molecular weight is 326 g/mol. The van der Waals surface area contributed by atoms with Crippen molar-refractivity contribution in [2.75, 3.05) is 24.5 Å². The van der Waals surface area contributed by atoms with Crippen LogP contribution in [0.4, 0.5) is 5.82 Å². The summed E-state index contributed by atoms with van der Waals surface area (Å²) in [7, 11) is 0. The van der Waals surface area contributed by atoms with Crippen molar-refractivity contribution >= 4 is 28.8 Å². The van der Waals surface area contributed by atoms with Crippen LogP contribution in [0.15, 0.2) is 10.3 Å². The monoisotopic (exact) mass is 325 g/mol. The predicted molar refractivity (Wildman–Crippen MR) is 85.4 cm³/mol. The van der Waals surface area contributed by atoms with E-state index in [0.717, 1.165) is 30.2 Å². The molecule has 0 radical (unpaired) electrons. The maximum Gasteiger partial charge on any atom is 0.272 e. The third-order valence-electron chi connectivity index (χ3n) is 3.58. The Kier molecular flexibility index (Phi) is 3.97. The summed E-state index contributed by atoms with van der Waals surface area (Å²) in [5.41, 5.74) is 2.28. The Hall–Kier alpha value is -1.44. The molecule has 0 amide bonds. The molecule has 0 aliphatic carbocycles. The molecule has 2 N–H and O–H groups in total. The minimum Gasteiger partial charge on any atom is -0.350 e. The summed E-state index contributed by atoms with van der Waals surface area (Å²) in [4.78, 5) is 26.6. The number of hydrogen-bond acceptors (Lipinski definition) is 6. The number of nitrogens with one attached hydrogen (secondary N) is 2. The molecule has 1 atom stereocenters. The van der Waals surface area contributed by atoms with Gasteiger partial charge in [-0.2, -0.15) is 0 Å². The Bertz CT molecular complexity index is 713. The maximum atomic E-state index is 12.1. The first kappa shape index (κ1) is 14.5. The molecule has 0 spiro atoms. The average Bonchev–Trinajstić information content (AvgIpc) is 2.89. The van der Waals surface area contributed by atoms with Gasteiger partial charge in [0.15, 0.2) is 11.6 Å². The van der Waals surface area contributed by atoms with Gasteiger partial charge in [-0.3, -0.25) is 4.79 Å². The van der Waals surface area contributed by atoms with Crippen LogP contribution >= 0.6 is 22.9 Å². The van der Waals surface area contributed by atoms with Crippen molar-refractivity contribution in [1.29, 1.82) is 0 Å². The number of halogens is 1. The fourth-order valence-corrected chi connectivity index (χ4v) is 3.38. The van der Waals surface area contributed by atoms with Crippen LogP contribution in [0, 0.1) is 6.92 Å². The lowest BCUT2D eigenvalue weighted by Gasteiger charge is -2.35. The topological polar surface area (TPSA) is 73.9 Å². The number of nitrogens with zero attached hydrogens (tertiary/aromatic N) is 3. The molecule has 1 fully saturated rings. The number of H-pyrrole nitrogens is 1. The SMILES string of the molecule is Cc1ncsc1-c1nc(N2CCNCC2C)c(Cl)c(=O)[nH]1. The Morgan fingerprint density at radius 1 is 1.52 bits per heavy atom. The third-order valence-corrected chi connectivity index (χ3v) is 4.86. The van der Waals surface area contributed by atoms with E-state index < -0.39 is 0 Å². The minimum atomic E-state index is -0.310. The van der Waals surface area contributed by atoms with Gasteiger partial charge in [0.2, 0.25) is 0 Å². The molecule has 1 unspecified atom stereocenters. The highest BCUT2D eigenvalue weighted by atomic mass is 35.5. The molecule has 0 bridgehead atoms. The fourth-order valence-electron chi connectivity index (χ4n) is 2.43. The van der Waals surface area contributed by atoms with Crippen LogP contribution in [-0.4, -0.2) is 40.6 Å². The zero-order valence-corrected chi connectivity index (χ0v) is 13.4. The van der Waals surface area contributed by atoms with E-state index in [0.29, 0.717) is 11.6 Å². The molecule has 2 aromatic rings. The van der Waals surface area contributed by atoms with Crippen molar-refractivity contribution < 1.29 is 0 Å². The molecule has 0 saturated carbocycles. The number of aromatic amines is 1. The number of aryl methyl sites for hydroxylation is 1. The van der Waals surface area contributed by atoms with Gasteiger partial charge in [-0.1, -0.05) is 11.6 Å². The Morgan fingerprint density at radius 2 is 2.33 bits per heavy atom. The normalized spacial score (nSPS) is 19.0. The van der Waals surface area contributed by atoms with Crippen molar-refractivity contribution in [2.24, 2.45) is 0 Å². The van der Waals surface area contributed by atoms with E-state index in [1.807, 2.05) is 6.92 Å². The second-order valence-corrected chi connectivity index (χ2v) is 6.30. The number of piperazine rings is 1. The number of rotatable bonds is 2. The van der Waals surface area contributed by atoms with Gasteiger partial charge in [-0.15, -0.1) is 11.3 Å². The van der Waals surface area contributed by atoms with Gasteiger partial charge in [0.1, 0.15) is 5.02 Å². The lowest BCUT2D eigenvalue weighted by atomic mass is 10.2. The van der Waals surface area contributed by atoms with Crippen molar-refractivity contribution in [3.63, 3.8) is 0 Å². The number of thiazole rings is 1. The summed E-state index contributed by atoms with van der Waals surface area (Å²) in [6.45, 7) is 6.46. The highest BCUT2D eigenvalue weighted by molar-refractivity contribution is 7.13. The second kappa shape index (κ2) is 5.75. The van der Waals surface area contributed by atoms with E-state index in [2.05, 4.69) is 32.1 Å². The Labute approximate surface area is 131 Å². The van der Waals surface area contributed by atoms with E-state index in [1.54, 1.807) is 5.51 Å². The van der Waals surface area contributed by atoms with Gasteiger partial charge in [0.25, 0.3) is 5.56 Å². The van der Waals surface area contributed by atoms with Crippen molar-refractivity contribution in [1.82, 2.24) is 20.3 Å². The molecule has 1 saturated heterocycles. The van der Waals surface area contributed by atoms with Crippen LogP contribution in [0.2, 0.25) is 5.02 Å². The molecule has 8 heteroatoms. The Balaban J connectivity index is 2.10. The molecular weight excluding hydrogens is 310 g/mol. The standard InChI is InChI=1S/C13H16ClN5OS/c1-7-5-15-3-4-19(7)12-9(14)13(20)18-11(17-12)10-8(2)16-6-21-10/h6-7,15H,3-5H2,1-2H3,(H,17,18,20). The number of aromatic nitrogens is 3. The van der Waals surface area contributed by atoms with Crippen LogP contribution in [0.25, 0.3) is 10.7 Å². The molecule has 3 rings (SSSR count). The van der Waals surface area contributed by atoms with E-state index in [-0.39, 0.29) is 16.6 Å². The summed E-state index contributed by atoms with van der Waals surface area (Å²) in [6, 6.07) is 0.237. The highest BCUT2D eigenvalue weighted by Crippen LogP contribution is 2.28. The molecular formula is C13H16ClN5OS. The van der Waals surface area contributed by atoms with Crippen molar-refractivity contribution in [3.05, 3.63) is 26.6 Å². The number of anilines is 1. The second-order valence-electron chi connectivity index (χ2n) is 5.07. The summed E-state index contributed by atoms with van der Waals surface area (Å²) in [5, 5.41) is 3.46. The van der Waals surface area contributed by atoms with E-state index in [9.17, 15) is 4.79 Å². The lowest BCUT2D eigenvalue weighted by molar-refractivity contribution is 0.497. The molecule has 1 aliphatic rings. The zero-order chi connectivity index (χ0) is 15.0. The van der Waals surface area contributed by atoms with Gasteiger partial charge in [0.05, 0.1) is 16.1 Å². The van der Waals surface area contributed by atoms with Crippen LogP contribution in [0.1, 0.15) is 12.6 Å². The van der Waals surface area contributed by atoms with E-state index >= 15 is 0 Å². The van der Waals surface area contributed by atoms with Crippen molar-refractivity contribution in [3.8, 4) is 10.7 Å². The van der Waals surface area contributed by atoms with Crippen LogP contribution < -0.4 is 15.8 Å². The molecule has 6 nitrogen and oxygen atoms in total. The molecule has 0 aromatic carbocycles. The molecule has 2 aromatic heterocycles. The fraction of sp³-hybridized carbons (Fsp3) is 0.462. The molecule has 21 heavy (non-hydrogen) atoms. The molecule has 1 aliphatic heterocycles. The van der Waals surface area contributed by atoms with Crippen molar-refractivity contribution in [2.45, 2.75) is 19.9 Å². The summed E-state index contributed by atoms with van der Waals surface area (Å²) in [5.74, 6) is 1.09. The van der Waals surface area contributed by atoms with Gasteiger partial charge in [-0.25, -0.2) is 9.97 Å². The van der Waals surface area contributed by atoms with Gasteiger partial charge < -0.3 is 15.2 Å². The van der Waals surface area contributed by atoms with Gasteiger partial charge in [0, 0.05) is 25.7 Å². The maximum absolute atomic E-state index is 12.1. The number of hydrogen-bond donors (Lipinski definition) is 2. The summed E-state index contributed by atoms with van der Waals surface area (Å²) in [6.07, 6.45) is 0. The van der Waals surface area contributed by atoms with Gasteiger partial charge in [-0.05, 0) is 13.8 Å².